The predicted molar refractivity (Wildman–Crippen MR) is 69.3 cm³/mol. The third kappa shape index (κ3) is 6.03. The van der Waals surface area contributed by atoms with Gasteiger partial charge in [0, 0.05) is 25.2 Å². The average Bonchev–Trinajstić information content (AvgIpc) is 2.27. The molecule has 0 fully saturated rings. The number of amides is 1. The molecule has 1 heterocycles. The Labute approximate surface area is 107 Å². The van der Waals surface area contributed by atoms with Crippen LogP contribution in [0, 0.1) is 0 Å². The largest absolute Gasteiger partial charge is 0.475 e. The Kier molecular flexibility index (Phi) is 5.90. The summed E-state index contributed by atoms with van der Waals surface area (Å²) in [6.45, 7) is 4.59. The van der Waals surface area contributed by atoms with Crippen molar-refractivity contribution in [3.8, 4) is 5.88 Å². The smallest absolute Gasteiger partial charge is 0.225 e. The van der Waals surface area contributed by atoms with E-state index in [4.69, 9.17) is 10.5 Å². The highest BCUT2D eigenvalue weighted by atomic mass is 16.5. The lowest BCUT2D eigenvalue weighted by molar-refractivity contribution is -0.118. The molecule has 0 bridgehead atoms. The number of carbonyl (C=O) groups excluding carboxylic acids is 1. The highest BCUT2D eigenvalue weighted by Gasteiger charge is 2.02. The first kappa shape index (κ1) is 14.2. The highest BCUT2D eigenvalue weighted by Crippen LogP contribution is 2.10. The number of nitrogens with zero attached hydrogens (tertiary/aromatic N) is 2. The molecule has 18 heavy (non-hydrogen) atoms. The van der Waals surface area contributed by atoms with Crippen LogP contribution in [-0.4, -0.2) is 28.5 Å². The number of nitrogens with two attached hydrogens (primary N) is 1. The SMILES string of the molecule is CC(C)Oc1ccnc(NCCCCC(N)=O)n1. The number of unbranched alkanes of at least 4 members (excludes halogenated alkanes) is 1. The molecule has 1 aromatic rings. The molecule has 0 saturated heterocycles. The summed E-state index contributed by atoms with van der Waals surface area (Å²) >= 11 is 0. The molecule has 0 aliphatic carbocycles. The Balaban J connectivity index is 2.31. The van der Waals surface area contributed by atoms with E-state index < -0.39 is 0 Å². The van der Waals surface area contributed by atoms with Gasteiger partial charge in [-0.3, -0.25) is 4.79 Å². The van der Waals surface area contributed by atoms with Crippen LogP contribution in [0.2, 0.25) is 0 Å². The van der Waals surface area contributed by atoms with E-state index in [0.717, 1.165) is 12.8 Å². The molecule has 0 aliphatic heterocycles. The molecule has 3 N–H and O–H groups in total. The Hall–Kier alpha value is -1.85. The molecular formula is C12H20N4O2. The van der Waals surface area contributed by atoms with E-state index in [1.807, 2.05) is 13.8 Å². The monoisotopic (exact) mass is 252 g/mol. The van der Waals surface area contributed by atoms with E-state index in [1.54, 1.807) is 12.3 Å². The first-order chi connectivity index (χ1) is 8.58. The fraction of sp³-hybridized carbons (Fsp3) is 0.583. The van der Waals surface area contributed by atoms with E-state index in [2.05, 4.69) is 15.3 Å². The zero-order chi connectivity index (χ0) is 13.4. The predicted octanol–water partition coefficient (Wildman–Crippen LogP) is 1.33. The van der Waals surface area contributed by atoms with Gasteiger partial charge >= 0.3 is 0 Å². The summed E-state index contributed by atoms with van der Waals surface area (Å²) in [6.07, 6.45) is 3.77. The van der Waals surface area contributed by atoms with Crippen molar-refractivity contribution in [2.24, 2.45) is 5.73 Å². The second-order valence-electron chi connectivity index (χ2n) is 4.24. The van der Waals surface area contributed by atoms with E-state index in [9.17, 15) is 4.79 Å². The fourth-order valence-corrected chi connectivity index (χ4v) is 1.36. The number of hydrogen-bond acceptors (Lipinski definition) is 5. The minimum absolute atomic E-state index is 0.0864. The molecular weight excluding hydrogens is 232 g/mol. The van der Waals surface area contributed by atoms with E-state index in [1.165, 1.54) is 0 Å². The molecule has 1 aromatic heterocycles. The van der Waals surface area contributed by atoms with Crippen molar-refractivity contribution in [3.63, 3.8) is 0 Å². The second-order valence-corrected chi connectivity index (χ2v) is 4.24. The van der Waals surface area contributed by atoms with Crippen molar-refractivity contribution < 1.29 is 9.53 Å². The summed E-state index contributed by atoms with van der Waals surface area (Å²) in [7, 11) is 0. The quantitative estimate of drug-likeness (QED) is 0.681. The summed E-state index contributed by atoms with van der Waals surface area (Å²) < 4.78 is 5.46. The van der Waals surface area contributed by atoms with Crippen LogP contribution in [0.1, 0.15) is 33.1 Å². The molecule has 6 heteroatoms. The van der Waals surface area contributed by atoms with Crippen molar-refractivity contribution in [2.75, 3.05) is 11.9 Å². The van der Waals surface area contributed by atoms with Gasteiger partial charge in [-0.2, -0.15) is 4.98 Å². The van der Waals surface area contributed by atoms with Gasteiger partial charge in [0.05, 0.1) is 6.10 Å². The summed E-state index contributed by atoms with van der Waals surface area (Å²) in [5.74, 6) is 0.824. The maximum Gasteiger partial charge on any atom is 0.225 e. The lowest BCUT2D eigenvalue weighted by Gasteiger charge is -2.09. The van der Waals surface area contributed by atoms with Crippen LogP contribution >= 0.6 is 0 Å². The third-order valence-electron chi connectivity index (χ3n) is 2.12. The molecule has 0 unspecified atom stereocenters. The molecule has 0 aliphatic rings. The third-order valence-corrected chi connectivity index (χ3v) is 2.12. The Morgan fingerprint density at radius 3 is 2.94 bits per heavy atom. The Morgan fingerprint density at radius 1 is 1.50 bits per heavy atom. The Bertz CT molecular complexity index is 382. The van der Waals surface area contributed by atoms with Crippen molar-refractivity contribution in [2.45, 2.75) is 39.2 Å². The van der Waals surface area contributed by atoms with E-state index in [-0.39, 0.29) is 12.0 Å². The maximum absolute atomic E-state index is 10.5. The number of carbonyl (C=O) groups is 1. The molecule has 1 rings (SSSR count). The minimum Gasteiger partial charge on any atom is -0.475 e. The van der Waals surface area contributed by atoms with E-state index >= 15 is 0 Å². The number of hydrogen-bond donors (Lipinski definition) is 2. The van der Waals surface area contributed by atoms with Gasteiger partial charge in [0.2, 0.25) is 17.7 Å². The standard InChI is InChI=1S/C12H20N4O2/c1-9(2)18-11-6-8-15-12(16-11)14-7-4-3-5-10(13)17/h6,8-9H,3-5,7H2,1-2H3,(H2,13,17)(H,14,15,16). The molecule has 1 amide bonds. The molecule has 0 atom stereocenters. The fourth-order valence-electron chi connectivity index (χ4n) is 1.36. The van der Waals surface area contributed by atoms with Crippen LogP contribution < -0.4 is 15.8 Å². The molecule has 0 spiro atoms. The zero-order valence-corrected chi connectivity index (χ0v) is 10.8. The van der Waals surface area contributed by atoms with Crippen molar-refractivity contribution in [1.82, 2.24) is 9.97 Å². The number of anilines is 1. The van der Waals surface area contributed by atoms with Crippen molar-refractivity contribution in [1.29, 1.82) is 0 Å². The van der Waals surface area contributed by atoms with Gasteiger partial charge in [-0.05, 0) is 26.7 Å². The van der Waals surface area contributed by atoms with Crippen molar-refractivity contribution in [3.05, 3.63) is 12.3 Å². The molecule has 0 radical (unpaired) electrons. The lowest BCUT2D eigenvalue weighted by Crippen LogP contribution is -2.12. The van der Waals surface area contributed by atoms with E-state index in [0.29, 0.717) is 24.8 Å². The van der Waals surface area contributed by atoms with Gasteiger partial charge in [-0.15, -0.1) is 0 Å². The molecule has 0 aromatic carbocycles. The van der Waals surface area contributed by atoms with Crippen LogP contribution in [0.4, 0.5) is 5.95 Å². The summed E-state index contributed by atoms with van der Waals surface area (Å²) in [5.41, 5.74) is 5.05. The Morgan fingerprint density at radius 2 is 2.28 bits per heavy atom. The highest BCUT2D eigenvalue weighted by molar-refractivity contribution is 5.73. The first-order valence-corrected chi connectivity index (χ1v) is 6.10. The lowest BCUT2D eigenvalue weighted by atomic mass is 10.2. The molecule has 6 nitrogen and oxygen atoms in total. The number of ether oxygens (including phenoxy) is 1. The molecule has 100 valence electrons. The maximum atomic E-state index is 10.5. The summed E-state index contributed by atoms with van der Waals surface area (Å²) in [5, 5.41) is 3.08. The van der Waals surface area contributed by atoms with Crippen LogP contribution in [0.5, 0.6) is 5.88 Å². The van der Waals surface area contributed by atoms with Crippen LogP contribution in [0.3, 0.4) is 0 Å². The van der Waals surface area contributed by atoms with Gasteiger partial charge in [-0.1, -0.05) is 0 Å². The van der Waals surface area contributed by atoms with Gasteiger partial charge in [0.25, 0.3) is 0 Å². The van der Waals surface area contributed by atoms with Crippen LogP contribution in [0.25, 0.3) is 0 Å². The van der Waals surface area contributed by atoms with Gasteiger partial charge in [-0.25, -0.2) is 4.98 Å². The minimum atomic E-state index is -0.265. The van der Waals surface area contributed by atoms with Gasteiger partial charge < -0.3 is 15.8 Å². The average molecular weight is 252 g/mol. The van der Waals surface area contributed by atoms with Gasteiger partial charge in [0.1, 0.15) is 0 Å². The summed E-state index contributed by atoms with van der Waals surface area (Å²) in [6, 6.07) is 1.72. The zero-order valence-electron chi connectivity index (χ0n) is 10.8. The van der Waals surface area contributed by atoms with Crippen LogP contribution in [-0.2, 0) is 4.79 Å². The number of nitrogens with one attached hydrogen (secondary N) is 1. The second kappa shape index (κ2) is 7.47. The normalized spacial score (nSPS) is 10.4. The van der Waals surface area contributed by atoms with Crippen LogP contribution in [0.15, 0.2) is 12.3 Å². The van der Waals surface area contributed by atoms with Crippen molar-refractivity contribution >= 4 is 11.9 Å². The molecule has 0 saturated carbocycles. The topological polar surface area (TPSA) is 90.1 Å². The number of rotatable bonds is 8. The number of primary amides is 1. The first-order valence-electron chi connectivity index (χ1n) is 6.10. The summed E-state index contributed by atoms with van der Waals surface area (Å²) in [4.78, 5) is 18.8. The number of aromatic nitrogens is 2. The van der Waals surface area contributed by atoms with Gasteiger partial charge in [0.15, 0.2) is 0 Å².